The van der Waals surface area contributed by atoms with E-state index in [-0.39, 0.29) is 17.2 Å². The molecule has 0 fully saturated rings. The van der Waals surface area contributed by atoms with Crippen LogP contribution in [-0.2, 0) is 4.79 Å². The second kappa shape index (κ2) is 7.53. The van der Waals surface area contributed by atoms with Gasteiger partial charge in [-0.25, -0.2) is 0 Å². The van der Waals surface area contributed by atoms with Gasteiger partial charge in [0.15, 0.2) is 0 Å². The number of benzene rings is 3. The van der Waals surface area contributed by atoms with Crippen molar-refractivity contribution in [1.29, 1.82) is 0 Å². The predicted molar refractivity (Wildman–Crippen MR) is 120 cm³/mol. The van der Waals surface area contributed by atoms with Gasteiger partial charge >= 0.3 is 0 Å². The predicted octanol–water partition coefficient (Wildman–Crippen LogP) is 5.93. The van der Waals surface area contributed by atoms with Gasteiger partial charge in [0.25, 0.3) is 0 Å². The fourth-order valence-corrected chi connectivity index (χ4v) is 6.00. The fraction of sp³-hybridized carbons (Fsp3) is 0.125. The van der Waals surface area contributed by atoms with Crippen LogP contribution in [0.4, 0.5) is 5.69 Å². The number of nitrogens with zero attached hydrogens (tertiary/aromatic N) is 1. The molecule has 0 unspecified atom stereocenters. The number of anilines is 1. The van der Waals surface area contributed by atoms with Crippen molar-refractivity contribution in [3.63, 3.8) is 0 Å². The fourth-order valence-electron chi connectivity index (χ4n) is 3.81. The number of carbonyl (C=O) groups excluding carboxylic acids is 1. The van der Waals surface area contributed by atoms with Crippen molar-refractivity contribution in [1.82, 2.24) is 0 Å². The maximum Gasteiger partial charge on any atom is 0.237 e. The number of rotatable bonds is 3. The third kappa shape index (κ3) is 3.17. The van der Waals surface area contributed by atoms with Gasteiger partial charge in [-0.1, -0.05) is 72.8 Å². The molecular formula is C24H19NOS2. The Hall–Kier alpha value is -2.43. The van der Waals surface area contributed by atoms with Crippen LogP contribution in [0.15, 0.2) is 101 Å². The summed E-state index contributed by atoms with van der Waals surface area (Å²) in [7, 11) is 0. The molecule has 0 aromatic heterocycles. The lowest BCUT2D eigenvalue weighted by Crippen LogP contribution is -2.48. The van der Waals surface area contributed by atoms with Gasteiger partial charge in [-0.05, 0) is 29.0 Å². The molecule has 0 radical (unpaired) electrons. The van der Waals surface area contributed by atoms with E-state index < -0.39 is 0 Å². The second-order valence-electron chi connectivity index (χ2n) is 6.84. The lowest BCUT2D eigenvalue weighted by molar-refractivity contribution is -0.116. The van der Waals surface area contributed by atoms with Gasteiger partial charge in [0, 0.05) is 9.79 Å². The van der Waals surface area contributed by atoms with E-state index in [0.29, 0.717) is 5.75 Å². The van der Waals surface area contributed by atoms with Gasteiger partial charge < -0.3 is 4.90 Å². The molecule has 5 rings (SSSR count). The highest BCUT2D eigenvalue weighted by Crippen LogP contribution is 2.44. The highest BCUT2D eigenvalue weighted by atomic mass is 32.2. The molecule has 0 spiro atoms. The molecule has 2 atom stereocenters. The summed E-state index contributed by atoms with van der Waals surface area (Å²) in [5, 5.41) is 2.68. The summed E-state index contributed by atoms with van der Waals surface area (Å²) in [5.41, 5.74) is 1.03. The minimum absolute atomic E-state index is 0.0746. The molecule has 0 N–H and O–H groups in total. The van der Waals surface area contributed by atoms with Crippen molar-refractivity contribution in [2.75, 3.05) is 10.7 Å². The zero-order valence-corrected chi connectivity index (χ0v) is 16.8. The highest BCUT2D eigenvalue weighted by Gasteiger charge is 2.36. The maximum atomic E-state index is 13.4. The van der Waals surface area contributed by atoms with Gasteiger partial charge in [-0.3, -0.25) is 4.79 Å². The van der Waals surface area contributed by atoms with Gasteiger partial charge in [-0.15, -0.1) is 23.5 Å². The molecule has 3 aromatic carbocycles. The van der Waals surface area contributed by atoms with Crippen LogP contribution in [0.3, 0.4) is 0 Å². The minimum atomic E-state index is 0.0746. The number of carbonyl (C=O) groups is 1. The first-order valence-electron chi connectivity index (χ1n) is 9.34. The van der Waals surface area contributed by atoms with E-state index in [0.717, 1.165) is 10.6 Å². The van der Waals surface area contributed by atoms with E-state index in [1.54, 1.807) is 11.8 Å². The van der Waals surface area contributed by atoms with Gasteiger partial charge in [0.1, 0.15) is 0 Å². The second-order valence-corrected chi connectivity index (χ2v) is 9.08. The smallest absolute Gasteiger partial charge is 0.237 e. The Labute approximate surface area is 173 Å². The van der Waals surface area contributed by atoms with Crippen LogP contribution in [0.1, 0.15) is 0 Å². The Morgan fingerprint density at radius 3 is 2.68 bits per heavy atom. The SMILES string of the molecule is O=C(CSc1cccc2ccccc12)N1c2ccccc2S[C@@H]2C=CC=C[C@H]21. The van der Waals surface area contributed by atoms with Crippen LogP contribution in [-0.4, -0.2) is 23.0 Å². The number of amides is 1. The monoisotopic (exact) mass is 401 g/mol. The topological polar surface area (TPSA) is 20.3 Å². The summed E-state index contributed by atoms with van der Waals surface area (Å²) < 4.78 is 0. The summed E-state index contributed by atoms with van der Waals surface area (Å²) in [6, 6.07) is 22.9. The average Bonchev–Trinajstić information content (AvgIpc) is 2.75. The summed E-state index contributed by atoms with van der Waals surface area (Å²) >= 11 is 3.47. The Bertz CT molecular complexity index is 1100. The third-order valence-corrected chi connectivity index (χ3v) is 7.48. The van der Waals surface area contributed by atoms with Gasteiger partial charge in [0.05, 0.1) is 22.7 Å². The number of hydrogen-bond donors (Lipinski definition) is 0. The number of thioether (sulfide) groups is 2. The largest absolute Gasteiger partial charge is 0.302 e. The van der Waals surface area contributed by atoms with Crippen molar-refractivity contribution in [3.05, 3.63) is 91.0 Å². The number of hydrogen-bond acceptors (Lipinski definition) is 3. The average molecular weight is 402 g/mol. The first kappa shape index (κ1) is 17.7. The quantitative estimate of drug-likeness (QED) is 0.507. The molecule has 28 heavy (non-hydrogen) atoms. The number of allylic oxidation sites excluding steroid dienone is 2. The molecule has 1 heterocycles. The molecule has 0 saturated heterocycles. The highest BCUT2D eigenvalue weighted by molar-refractivity contribution is 8.00. The lowest BCUT2D eigenvalue weighted by atomic mass is 10.0. The normalized spacial score (nSPS) is 20.1. The lowest BCUT2D eigenvalue weighted by Gasteiger charge is -2.40. The zero-order valence-electron chi connectivity index (χ0n) is 15.2. The van der Waals surface area contributed by atoms with Crippen molar-refractivity contribution >= 4 is 45.9 Å². The summed E-state index contributed by atoms with van der Waals surface area (Å²) in [4.78, 5) is 17.7. The molecule has 3 aromatic rings. The van der Waals surface area contributed by atoms with Crippen LogP contribution in [0.25, 0.3) is 10.8 Å². The number of fused-ring (bicyclic) bond motifs is 3. The van der Waals surface area contributed by atoms with Gasteiger partial charge in [-0.2, -0.15) is 0 Å². The van der Waals surface area contributed by atoms with Crippen molar-refractivity contribution in [2.24, 2.45) is 0 Å². The summed E-state index contributed by atoms with van der Waals surface area (Å²) in [6.45, 7) is 0. The Morgan fingerprint density at radius 2 is 1.71 bits per heavy atom. The van der Waals surface area contributed by atoms with Crippen molar-refractivity contribution < 1.29 is 4.79 Å². The van der Waals surface area contributed by atoms with E-state index in [1.165, 1.54) is 15.7 Å². The Kier molecular flexibility index (Phi) is 4.75. The molecule has 2 nitrogen and oxygen atoms in total. The molecule has 4 heteroatoms. The van der Waals surface area contributed by atoms with E-state index in [4.69, 9.17) is 0 Å². The Balaban J connectivity index is 1.44. The maximum absolute atomic E-state index is 13.4. The molecule has 138 valence electrons. The summed E-state index contributed by atoms with van der Waals surface area (Å²) in [6.07, 6.45) is 8.47. The molecule has 1 amide bonds. The van der Waals surface area contributed by atoms with Crippen LogP contribution in [0, 0.1) is 0 Å². The van der Waals surface area contributed by atoms with Gasteiger partial charge in [0.2, 0.25) is 5.91 Å². The zero-order chi connectivity index (χ0) is 18.9. The molecule has 1 aliphatic carbocycles. The first-order chi connectivity index (χ1) is 13.8. The number of para-hydroxylation sites is 1. The van der Waals surface area contributed by atoms with Crippen molar-refractivity contribution in [2.45, 2.75) is 21.1 Å². The molecule has 0 bridgehead atoms. The van der Waals surface area contributed by atoms with Crippen LogP contribution < -0.4 is 4.90 Å². The van der Waals surface area contributed by atoms with E-state index >= 15 is 0 Å². The van der Waals surface area contributed by atoms with Crippen LogP contribution in [0.5, 0.6) is 0 Å². The van der Waals surface area contributed by atoms with E-state index in [2.05, 4.69) is 66.8 Å². The van der Waals surface area contributed by atoms with Crippen LogP contribution >= 0.6 is 23.5 Å². The Morgan fingerprint density at radius 1 is 0.929 bits per heavy atom. The van der Waals surface area contributed by atoms with E-state index in [1.807, 2.05) is 40.9 Å². The molecule has 2 aliphatic rings. The molecule has 1 aliphatic heterocycles. The third-order valence-electron chi connectivity index (χ3n) is 5.11. The molecular weight excluding hydrogens is 382 g/mol. The molecule has 0 saturated carbocycles. The summed E-state index contributed by atoms with van der Waals surface area (Å²) in [5.74, 6) is 0.578. The van der Waals surface area contributed by atoms with Crippen LogP contribution in [0.2, 0.25) is 0 Å². The minimum Gasteiger partial charge on any atom is -0.302 e. The van der Waals surface area contributed by atoms with Crippen molar-refractivity contribution in [3.8, 4) is 0 Å². The van der Waals surface area contributed by atoms with E-state index in [9.17, 15) is 4.79 Å². The first-order valence-corrected chi connectivity index (χ1v) is 11.2. The standard InChI is InChI=1S/C24H19NOS2/c26-24(16-27-21-15-7-9-17-8-1-2-10-18(17)21)25-19-11-3-5-13-22(19)28-23-14-6-4-12-20(23)25/h1-15,19,22H,16H2/t19-,22-/m1/s1.